The molecular weight excluding hydrogens is 404 g/mol. The molecule has 0 aromatic heterocycles. The number of sulfonamides is 1. The van der Waals surface area contributed by atoms with Crippen molar-refractivity contribution in [2.75, 3.05) is 33.4 Å². The van der Waals surface area contributed by atoms with Crippen molar-refractivity contribution in [1.82, 2.24) is 9.62 Å². The lowest BCUT2D eigenvalue weighted by atomic mass is 10.1. The summed E-state index contributed by atoms with van der Waals surface area (Å²) in [7, 11) is -1.80. The zero-order chi connectivity index (χ0) is 21.6. The zero-order valence-electron chi connectivity index (χ0n) is 17.4. The molecule has 0 atom stereocenters. The Morgan fingerprint density at radius 3 is 2.43 bits per heavy atom. The van der Waals surface area contributed by atoms with Gasteiger partial charge in [-0.2, -0.15) is 4.31 Å². The van der Waals surface area contributed by atoms with Gasteiger partial charge in [0.2, 0.25) is 15.9 Å². The van der Waals surface area contributed by atoms with E-state index in [2.05, 4.69) is 5.32 Å². The summed E-state index contributed by atoms with van der Waals surface area (Å²) in [4.78, 5) is 12.4. The molecule has 7 nitrogen and oxygen atoms in total. The average molecular weight is 433 g/mol. The SMILES string of the molecule is COc1ccc(CC(=O)NCCOc2ccc(S(=O)(=O)N3CCCC3)cc2)cc1C. The monoisotopic (exact) mass is 432 g/mol. The molecule has 1 N–H and O–H groups in total. The van der Waals surface area contributed by atoms with Crippen molar-refractivity contribution in [2.45, 2.75) is 31.1 Å². The highest BCUT2D eigenvalue weighted by Gasteiger charge is 2.26. The third kappa shape index (κ3) is 5.52. The number of nitrogens with zero attached hydrogens (tertiary/aromatic N) is 1. The fourth-order valence-electron chi connectivity index (χ4n) is 3.44. The van der Waals surface area contributed by atoms with Gasteiger partial charge in [-0.15, -0.1) is 0 Å². The Morgan fingerprint density at radius 1 is 1.10 bits per heavy atom. The van der Waals surface area contributed by atoms with E-state index in [0.717, 1.165) is 29.7 Å². The fraction of sp³-hybridized carbons (Fsp3) is 0.409. The molecule has 1 fully saturated rings. The summed E-state index contributed by atoms with van der Waals surface area (Å²) in [6, 6.07) is 12.1. The van der Waals surface area contributed by atoms with Gasteiger partial charge in [-0.1, -0.05) is 12.1 Å². The van der Waals surface area contributed by atoms with Crippen molar-refractivity contribution in [2.24, 2.45) is 0 Å². The first-order valence-electron chi connectivity index (χ1n) is 10.0. The molecular formula is C22H28N2O5S. The highest BCUT2D eigenvalue weighted by molar-refractivity contribution is 7.89. The van der Waals surface area contributed by atoms with Crippen LogP contribution in [0.25, 0.3) is 0 Å². The number of benzene rings is 2. The van der Waals surface area contributed by atoms with Crippen LogP contribution in [-0.2, 0) is 21.2 Å². The molecule has 0 saturated carbocycles. The van der Waals surface area contributed by atoms with Crippen molar-refractivity contribution in [1.29, 1.82) is 0 Å². The summed E-state index contributed by atoms with van der Waals surface area (Å²) >= 11 is 0. The molecule has 1 amide bonds. The molecule has 1 heterocycles. The minimum absolute atomic E-state index is 0.0878. The standard InChI is InChI=1S/C22H28N2O5S/c1-17-15-18(5-10-21(17)28-2)16-22(25)23-11-14-29-19-6-8-20(9-7-19)30(26,27)24-12-3-4-13-24/h5-10,15H,3-4,11-14,16H2,1-2H3,(H,23,25). The number of carbonyl (C=O) groups excluding carboxylic acids is 1. The first-order valence-corrected chi connectivity index (χ1v) is 11.5. The number of nitrogens with one attached hydrogen (secondary N) is 1. The Bertz CT molecular complexity index is 968. The molecule has 1 aliphatic heterocycles. The minimum Gasteiger partial charge on any atom is -0.496 e. The fourth-order valence-corrected chi connectivity index (χ4v) is 4.96. The lowest BCUT2D eigenvalue weighted by molar-refractivity contribution is -0.120. The topological polar surface area (TPSA) is 84.9 Å². The van der Waals surface area contributed by atoms with E-state index in [1.165, 1.54) is 4.31 Å². The Labute approximate surface area is 178 Å². The molecule has 1 saturated heterocycles. The summed E-state index contributed by atoms with van der Waals surface area (Å²) in [5, 5.41) is 2.82. The number of carbonyl (C=O) groups is 1. The highest BCUT2D eigenvalue weighted by Crippen LogP contribution is 2.23. The van der Waals surface area contributed by atoms with Crippen molar-refractivity contribution in [3.05, 3.63) is 53.6 Å². The maximum atomic E-state index is 12.5. The van der Waals surface area contributed by atoms with Crippen LogP contribution in [0, 0.1) is 6.92 Å². The maximum absolute atomic E-state index is 12.5. The van der Waals surface area contributed by atoms with E-state index in [4.69, 9.17) is 9.47 Å². The molecule has 0 spiro atoms. The van der Waals surface area contributed by atoms with Crippen LogP contribution in [0.2, 0.25) is 0 Å². The van der Waals surface area contributed by atoms with Gasteiger partial charge in [0.1, 0.15) is 18.1 Å². The van der Waals surface area contributed by atoms with E-state index >= 15 is 0 Å². The van der Waals surface area contributed by atoms with Crippen molar-refractivity contribution in [3.63, 3.8) is 0 Å². The third-order valence-corrected chi connectivity index (χ3v) is 6.96. The number of amides is 1. The first kappa shape index (κ1) is 22.1. The second-order valence-electron chi connectivity index (χ2n) is 7.26. The molecule has 3 rings (SSSR count). The van der Waals surface area contributed by atoms with Gasteiger partial charge in [-0.3, -0.25) is 4.79 Å². The number of hydrogen-bond acceptors (Lipinski definition) is 5. The highest BCUT2D eigenvalue weighted by atomic mass is 32.2. The summed E-state index contributed by atoms with van der Waals surface area (Å²) < 4.78 is 37.4. The number of rotatable bonds is 9. The van der Waals surface area contributed by atoms with Crippen LogP contribution in [0.5, 0.6) is 11.5 Å². The van der Waals surface area contributed by atoms with Crippen LogP contribution in [0.3, 0.4) is 0 Å². The van der Waals surface area contributed by atoms with Crippen LogP contribution < -0.4 is 14.8 Å². The molecule has 0 unspecified atom stereocenters. The predicted octanol–water partition coefficient (Wildman–Crippen LogP) is 2.53. The van der Waals surface area contributed by atoms with Gasteiger partial charge in [0.15, 0.2) is 0 Å². The summed E-state index contributed by atoms with van der Waals surface area (Å²) in [6.45, 7) is 3.76. The Hall–Kier alpha value is -2.58. The summed E-state index contributed by atoms with van der Waals surface area (Å²) in [5.74, 6) is 1.28. The number of hydrogen-bond donors (Lipinski definition) is 1. The molecule has 30 heavy (non-hydrogen) atoms. The lowest BCUT2D eigenvalue weighted by Crippen LogP contribution is -2.29. The predicted molar refractivity (Wildman–Crippen MR) is 114 cm³/mol. The second kappa shape index (κ2) is 9.95. The molecule has 0 aliphatic carbocycles. The van der Waals surface area contributed by atoms with Crippen LogP contribution in [0.1, 0.15) is 24.0 Å². The third-order valence-electron chi connectivity index (χ3n) is 5.04. The quantitative estimate of drug-likeness (QED) is 0.616. The first-order chi connectivity index (χ1) is 14.4. The summed E-state index contributed by atoms with van der Waals surface area (Å²) in [6.07, 6.45) is 2.10. The van der Waals surface area contributed by atoms with Gasteiger partial charge < -0.3 is 14.8 Å². The number of aryl methyl sites for hydroxylation is 1. The van der Waals surface area contributed by atoms with Crippen LogP contribution in [0.15, 0.2) is 47.4 Å². The number of ether oxygens (including phenoxy) is 2. The van der Waals surface area contributed by atoms with Gasteiger partial charge in [-0.25, -0.2) is 8.42 Å². The summed E-state index contributed by atoms with van der Waals surface area (Å²) in [5.41, 5.74) is 1.91. The molecule has 0 bridgehead atoms. The van der Waals surface area contributed by atoms with Gasteiger partial charge in [0, 0.05) is 13.1 Å². The second-order valence-corrected chi connectivity index (χ2v) is 9.20. The van der Waals surface area contributed by atoms with E-state index in [0.29, 0.717) is 32.0 Å². The van der Waals surface area contributed by atoms with Gasteiger partial charge >= 0.3 is 0 Å². The minimum atomic E-state index is -3.42. The van der Waals surface area contributed by atoms with Crippen LogP contribution in [0.4, 0.5) is 0 Å². The van der Waals surface area contributed by atoms with E-state index < -0.39 is 10.0 Å². The van der Waals surface area contributed by atoms with E-state index in [9.17, 15) is 13.2 Å². The largest absolute Gasteiger partial charge is 0.496 e. The van der Waals surface area contributed by atoms with E-state index in [1.807, 2.05) is 25.1 Å². The smallest absolute Gasteiger partial charge is 0.243 e. The molecule has 2 aromatic rings. The maximum Gasteiger partial charge on any atom is 0.243 e. The Morgan fingerprint density at radius 2 is 1.80 bits per heavy atom. The van der Waals surface area contributed by atoms with Crippen LogP contribution >= 0.6 is 0 Å². The van der Waals surface area contributed by atoms with Crippen molar-refractivity contribution in [3.8, 4) is 11.5 Å². The average Bonchev–Trinajstić information content (AvgIpc) is 3.28. The Kier molecular flexibility index (Phi) is 7.33. The normalized spacial score (nSPS) is 14.5. The van der Waals surface area contributed by atoms with E-state index in [-0.39, 0.29) is 17.2 Å². The lowest BCUT2D eigenvalue weighted by Gasteiger charge is -2.15. The van der Waals surface area contributed by atoms with Gasteiger partial charge in [0.05, 0.1) is 25.0 Å². The van der Waals surface area contributed by atoms with Crippen molar-refractivity contribution < 1.29 is 22.7 Å². The van der Waals surface area contributed by atoms with Crippen molar-refractivity contribution >= 4 is 15.9 Å². The molecule has 162 valence electrons. The van der Waals surface area contributed by atoms with Crippen LogP contribution in [-0.4, -0.2) is 52.0 Å². The zero-order valence-corrected chi connectivity index (χ0v) is 18.2. The molecule has 1 aliphatic rings. The molecule has 2 aromatic carbocycles. The van der Waals surface area contributed by atoms with Gasteiger partial charge in [0.25, 0.3) is 0 Å². The number of methoxy groups -OCH3 is 1. The molecule has 0 radical (unpaired) electrons. The van der Waals surface area contributed by atoms with E-state index in [1.54, 1.807) is 31.4 Å². The van der Waals surface area contributed by atoms with Gasteiger partial charge in [-0.05, 0) is 61.2 Å². The molecule has 8 heteroatoms. The Balaban J connectivity index is 1.43.